The Labute approximate surface area is 100 Å². The lowest BCUT2D eigenvalue weighted by Crippen LogP contribution is -2.07. The third kappa shape index (κ3) is 11.9. The van der Waals surface area contributed by atoms with Gasteiger partial charge in [-0.3, -0.25) is 0 Å². The molecule has 0 aromatic carbocycles. The van der Waals surface area contributed by atoms with Crippen LogP contribution in [0, 0.1) is 6.57 Å². The predicted octanol–water partition coefficient (Wildman–Crippen LogP) is 2.66. The van der Waals surface area contributed by atoms with E-state index in [1.807, 2.05) is 13.7 Å². The van der Waals surface area contributed by atoms with E-state index in [-0.39, 0.29) is 0 Å². The summed E-state index contributed by atoms with van der Waals surface area (Å²) >= 11 is 0. The molecule has 0 aliphatic heterocycles. The van der Waals surface area contributed by atoms with Gasteiger partial charge in [-0.15, -0.1) is 0 Å². The van der Waals surface area contributed by atoms with Crippen molar-refractivity contribution in [2.45, 2.75) is 25.7 Å². The van der Waals surface area contributed by atoms with Crippen LogP contribution in [0.4, 0.5) is 0 Å². The molecule has 0 saturated heterocycles. The summed E-state index contributed by atoms with van der Waals surface area (Å²) in [6, 6.07) is 0. The Balaban J connectivity index is 3.09. The first kappa shape index (κ1) is 15.8. The van der Waals surface area contributed by atoms with Crippen molar-refractivity contribution >= 4 is 8.38 Å². The molecule has 94 valence electrons. The zero-order valence-electron chi connectivity index (χ0n) is 10.4. The zero-order valence-corrected chi connectivity index (χ0v) is 11.3. The maximum absolute atomic E-state index is 6.60. The van der Waals surface area contributed by atoms with Gasteiger partial charge in [0.2, 0.25) is 6.54 Å². The van der Waals surface area contributed by atoms with Crippen LogP contribution in [0.2, 0.25) is 0 Å². The quantitative estimate of drug-likeness (QED) is 0.346. The van der Waals surface area contributed by atoms with E-state index in [4.69, 9.17) is 15.6 Å². The van der Waals surface area contributed by atoms with Crippen LogP contribution in [0.5, 0.6) is 0 Å². The van der Waals surface area contributed by atoms with E-state index in [0.717, 1.165) is 19.6 Å². The molecular weight excluding hydrogens is 223 g/mol. The molecule has 4 nitrogen and oxygen atoms in total. The van der Waals surface area contributed by atoms with Crippen LogP contribution in [0.25, 0.3) is 4.85 Å². The van der Waals surface area contributed by atoms with Gasteiger partial charge in [0.15, 0.2) is 8.38 Å². The van der Waals surface area contributed by atoms with Crippen LogP contribution >= 0.6 is 8.38 Å². The maximum atomic E-state index is 6.60. The Hall–Kier alpha value is -0.200. The lowest BCUT2D eigenvalue weighted by Gasteiger charge is -2.11. The summed E-state index contributed by atoms with van der Waals surface area (Å²) < 4.78 is 10.9. The summed E-state index contributed by atoms with van der Waals surface area (Å²) in [6.45, 7) is 11.3. The van der Waals surface area contributed by atoms with E-state index in [2.05, 4.69) is 10.2 Å². The van der Waals surface area contributed by atoms with Crippen molar-refractivity contribution in [3.63, 3.8) is 0 Å². The van der Waals surface area contributed by atoms with Crippen LogP contribution in [-0.4, -0.2) is 40.0 Å². The molecule has 0 rings (SSSR count). The van der Waals surface area contributed by atoms with E-state index in [1.54, 1.807) is 0 Å². The summed E-state index contributed by atoms with van der Waals surface area (Å²) in [7, 11) is 1.20. The lowest BCUT2D eigenvalue weighted by molar-refractivity contribution is 0.255. The number of hydrogen-bond acceptors (Lipinski definition) is 3. The molecule has 0 fully saturated rings. The molecular formula is C11H23N2O2P. The fraction of sp³-hybridized carbons (Fsp3) is 0.909. The first-order chi connectivity index (χ1) is 7.81. The van der Waals surface area contributed by atoms with E-state index in [0.29, 0.717) is 13.2 Å². The number of nitrogens with one attached hydrogen (secondary N) is 1. The highest BCUT2D eigenvalue weighted by atomic mass is 31.2. The summed E-state index contributed by atoms with van der Waals surface area (Å²) in [4.78, 5) is 3.22. The van der Waals surface area contributed by atoms with Gasteiger partial charge in [0.25, 0.3) is 0 Å². The maximum Gasteiger partial charge on any atom is 0.238 e. The Morgan fingerprint density at radius 1 is 1.12 bits per heavy atom. The number of rotatable bonds is 11. The first-order valence-electron chi connectivity index (χ1n) is 5.78. The molecule has 1 unspecified atom stereocenters. The minimum atomic E-state index is -0.775. The highest BCUT2D eigenvalue weighted by Crippen LogP contribution is 2.33. The Kier molecular flexibility index (Phi) is 12.7. The molecule has 0 aromatic heterocycles. The Bertz CT molecular complexity index is 185. The van der Waals surface area contributed by atoms with E-state index in [1.165, 1.54) is 19.3 Å². The molecule has 0 saturated carbocycles. The molecule has 0 aliphatic rings. The minimum absolute atomic E-state index is 0.431. The normalized spacial score (nSPS) is 12.3. The molecule has 0 radical (unpaired) electrons. The van der Waals surface area contributed by atoms with Crippen molar-refractivity contribution in [3.8, 4) is 0 Å². The number of hydrogen-bond donors (Lipinski definition) is 1. The van der Waals surface area contributed by atoms with Gasteiger partial charge in [-0.2, -0.15) is 0 Å². The smallest absolute Gasteiger partial charge is 0.238 e. The SMILES string of the molecule is [C-]#[N+]CCOP(C)OCCCCCCNC. The molecule has 0 bridgehead atoms. The average Bonchev–Trinajstić information content (AvgIpc) is 2.28. The van der Waals surface area contributed by atoms with Gasteiger partial charge in [-0.1, -0.05) is 12.8 Å². The summed E-state index contributed by atoms with van der Waals surface area (Å²) in [5.41, 5.74) is 0. The average molecular weight is 246 g/mol. The Morgan fingerprint density at radius 2 is 1.81 bits per heavy atom. The van der Waals surface area contributed by atoms with Gasteiger partial charge < -0.3 is 19.2 Å². The highest BCUT2D eigenvalue weighted by Gasteiger charge is 2.02. The Morgan fingerprint density at radius 3 is 2.50 bits per heavy atom. The van der Waals surface area contributed by atoms with E-state index >= 15 is 0 Å². The fourth-order valence-corrected chi connectivity index (χ4v) is 2.00. The third-order valence-corrected chi connectivity index (χ3v) is 3.16. The van der Waals surface area contributed by atoms with Crippen LogP contribution in [0.3, 0.4) is 0 Å². The lowest BCUT2D eigenvalue weighted by atomic mass is 10.2. The minimum Gasteiger partial charge on any atom is -0.334 e. The van der Waals surface area contributed by atoms with Gasteiger partial charge in [0.05, 0.1) is 6.61 Å². The summed E-state index contributed by atoms with van der Waals surface area (Å²) in [6.07, 6.45) is 4.80. The van der Waals surface area contributed by atoms with Gasteiger partial charge >= 0.3 is 0 Å². The molecule has 1 atom stereocenters. The van der Waals surface area contributed by atoms with Crippen molar-refractivity contribution in [2.24, 2.45) is 0 Å². The van der Waals surface area contributed by atoms with Crippen LogP contribution in [0.1, 0.15) is 25.7 Å². The molecule has 0 spiro atoms. The second-order valence-electron chi connectivity index (χ2n) is 3.51. The summed E-state index contributed by atoms with van der Waals surface area (Å²) in [5.74, 6) is 0. The van der Waals surface area contributed by atoms with Crippen LogP contribution in [-0.2, 0) is 9.05 Å². The summed E-state index contributed by atoms with van der Waals surface area (Å²) in [5, 5.41) is 3.13. The second kappa shape index (κ2) is 12.9. The third-order valence-electron chi connectivity index (χ3n) is 2.07. The standard InChI is InChI=1S/C11H23N2O2P/c1-12-8-6-4-5-7-10-14-16(3)15-11-9-13-2/h12H,4-11H2,1,3H3. The van der Waals surface area contributed by atoms with Crippen molar-refractivity contribution < 1.29 is 9.05 Å². The highest BCUT2D eigenvalue weighted by molar-refractivity contribution is 7.46. The number of nitrogens with zero attached hydrogens (tertiary/aromatic N) is 1. The van der Waals surface area contributed by atoms with Crippen molar-refractivity contribution in [3.05, 3.63) is 11.4 Å². The zero-order chi connectivity index (χ0) is 12.1. The largest absolute Gasteiger partial charge is 0.334 e. The van der Waals surface area contributed by atoms with Crippen LogP contribution in [0.15, 0.2) is 0 Å². The molecule has 0 aliphatic carbocycles. The van der Waals surface area contributed by atoms with Gasteiger partial charge in [0.1, 0.15) is 6.61 Å². The molecule has 0 aromatic rings. The van der Waals surface area contributed by atoms with Crippen molar-refractivity contribution in [1.29, 1.82) is 0 Å². The number of unbranched alkanes of at least 4 members (excludes halogenated alkanes) is 3. The van der Waals surface area contributed by atoms with Crippen LogP contribution < -0.4 is 5.32 Å². The van der Waals surface area contributed by atoms with Gasteiger partial charge in [0, 0.05) is 6.66 Å². The predicted molar refractivity (Wildman–Crippen MR) is 68.6 cm³/mol. The van der Waals surface area contributed by atoms with Gasteiger partial charge in [-0.25, -0.2) is 6.57 Å². The molecule has 0 amide bonds. The van der Waals surface area contributed by atoms with Gasteiger partial charge in [-0.05, 0) is 26.4 Å². The van der Waals surface area contributed by atoms with Crippen molar-refractivity contribution in [2.75, 3.05) is 40.0 Å². The topological polar surface area (TPSA) is 34.9 Å². The van der Waals surface area contributed by atoms with E-state index in [9.17, 15) is 0 Å². The van der Waals surface area contributed by atoms with Crippen molar-refractivity contribution in [1.82, 2.24) is 5.32 Å². The van der Waals surface area contributed by atoms with E-state index < -0.39 is 8.38 Å². The monoisotopic (exact) mass is 246 g/mol. The molecule has 1 N–H and O–H groups in total. The molecule has 5 heteroatoms. The fourth-order valence-electron chi connectivity index (χ4n) is 1.20. The first-order valence-corrected chi connectivity index (χ1v) is 7.41. The molecule has 16 heavy (non-hydrogen) atoms. The second-order valence-corrected chi connectivity index (χ2v) is 4.90. The molecule has 0 heterocycles.